The van der Waals surface area contributed by atoms with Gasteiger partial charge in [-0.05, 0) is 49.1 Å². The summed E-state index contributed by atoms with van der Waals surface area (Å²) >= 11 is 0. The molecule has 206 valence electrons. The summed E-state index contributed by atoms with van der Waals surface area (Å²) in [6.45, 7) is 6.21. The second-order valence-electron chi connectivity index (χ2n) is 10.5. The van der Waals surface area contributed by atoms with E-state index >= 15 is 0 Å². The summed E-state index contributed by atoms with van der Waals surface area (Å²) in [7, 11) is -8.03. The van der Waals surface area contributed by atoms with Gasteiger partial charge in [-0.25, -0.2) is 21.6 Å². The first-order valence-electron chi connectivity index (χ1n) is 12.8. The Morgan fingerprint density at radius 3 is 2.51 bits per heavy atom. The molecule has 0 radical (unpaired) electrons. The van der Waals surface area contributed by atoms with E-state index in [2.05, 4.69) is 28.9 Å². The largest absolute Gasteiger partial charge is 0.391 e. The number of hydrogen-bond acceptors (Lipinski definition) is 7. The summed E-state index contributed by atoms with van der Waals surface area (Å²) in [6, 6.07) is 5.89. The van der Waals surface area contributed by atoms with E-state index in [-0.39, 0.29) is 10.4 Å². The maximum Gasteiger partial charge on any atom is 0.239 e. The van der Waals surface area contributed by atoms with Crippen molar-refractivity contribution in [2.75, 3.05) is 12.0 Å². The van der Waals surface area contributed by atoms with E-state index in [9.17, 15) is 26.7 Å². The van der Waals surface area contributed by atoms with Crippen molar-refractivity contribution in [1.82, 2.24) is 15.0 Å². The number of fused-ring (bicyclic) bond motifs is 1. The van der Waals surface area contributed by atoms with Gasteiger partial charge in [-0.1, -0.05) is 51.8 Å². The lowest BCUT2D eigenvalue weighted by molar-refractivity contribution is -0.124. The van der Waals surface area contributed by atoms with Crippen molar-refractivity contribution < 1.29 is 26.7 Å². The predicted octanol–water partition coefficient (Wildman–Crippen LogP) is 2.64. The SMILES string of the molecule is CC[C@H](NC(=O)[C@@H](CS(=O)(=O)c1cccc2cccnc12)NS(C)(=O)=O)[C@H](O)CC1C[C@@H](C)CC[C@H]1C. The molecule has 11 heteroatoms. The second kappa shape index (κ2) is 12.2. The average molecular weight is 554 g/mol. The molecule has 1 aromatic heterocycles. The summed E-state index contributed by atoms with van der Waals surface area (Å²) in [4.78, 5) is 17.3. The first kappa shape index (κ1) is 29.5. The third kappa shape index (κ3) is 7.95. The summed E-state index contributed by atoms with van der Waals surface area (Å²) < 4.78 is 53.0. The molecule has 1 fully saturated rings. The van der Waals surface area contributed by atoms with Crippen LogP contribution in [-0.4, -0.2) is 63.0 Å². The highest BCUT2D eigenvalue weighted by atomic mass is 32.2. The van der Waals surface area contributed by atoms with E-state index in [4.69, 9.17) is 0 Å². The number of pyridine rings is 1. The summed E-state index contributed by atoms with van der Waals surface area (Å²) in [6.07, 6.45) is 5.73. The van der Waals surface area contributed by atoms with Crippen LogP contribution < -0.4 is 10.0 Å². The molecule has 9 nitrogen and oxygen atoms in total. The Morgan fingerprint density at radius 2 is 1.84 bits per heavy atom. The van der Waals surface area contributed by atoms with Gasteiger partial charge in [0.25, 0.3) is 0 Å². The number of para-hydroxylation sites is 1. The topological polar surface area (TPSA) is 143 Å². The van der Waals surface area contributed by atoms with Crippen LogP contribution in [0.25, 0.3) is 10.9 Å². The molecule has 3 N–H and O–H groups in total. The number of aliphatic hydroxyl groups excluding tert-OH is 1. The van der Waals surface area contributed by atoms with Crippen molar-refractivity contribution in [2.45, 2.75) is 76.0 Å². The summed E-state index contributed by atoms with van der Waals surface area (Å²) in [5.74, 6) is -0.198. The zero-order chi connectivity index (χ0) is 27.4. The maximum atomic E-state index is 13.4. The molecule has 2 aromatic rings. The highest BCUT2D eigenvalue weighted by Gasteiger charge is 2.34. The van der Waals surface area contributed by atoms with Crippen LogP contribution in [0.15, 0.2) is 41.4 Å². The minimum atomic E-state index is -4.12. The zero-order valence-corrected chi connectivity index (χ0v) is 23.6. The zero-order valence-electron chi connectivity index (χ0n) is 21.9. The highest BCUT2D eigenvalue weighted by molar-refractivity contribution is 7.92. The van der Waals surface area contributed by atoms with Crippen LogP contribution in [0.2, 0.25) is 0 Å². The summed E-state index contributed by atoms with van der Waals surface area (Å²) in [5.41, 5.74) is 0.251. The van der Waals surface area contributed by atoms with Crippen LogP contribution in [-0.2, 0) is 24.7 Å². The first-order chi connectivity index (χ1) is 17.3. The highest BCUT2D eigenvalue weighted by Crippen LogP contribution is 2.36. The number of nitrogens with one attached hydrogen (secondary N) is 2. The number of carbonyl (C=O) groups is 1. The quantitative estimate of drug-likeness (QED) is 0.388. The normalized spacial score (nSPS) is 23.3. The van der Waals surface area contributed by atoms with Crippen molar-refractivity contribution in [2.24, 2.45) is 17.8 Å². The van der Waals surface area contributed by atoms with Crippen LogP contribution in [0, 0.1) is 17.8 Å². The lowest BCUT2D eigenvalue weighted by Gasteiger charge is -2.36. The maximum absolute atomic E-state index is 13.4. The second-order valence-corrected chi connectivity index (χ2v) is 14.3. The first-order valence-corrected chi connectivity index (χ1v) is 16.4. The molecular formula is C26H39N3O6S2. The number of nitrogens with zero attached hydrogens (tertiary/aromatic N) is 1. The van der Waals surface area contributed by atoms with Gasteiger partial charge in [0.1, 0.15) is 6.04 Å². The van der Waals surface area contributed by atoms with E-state index in [0.29, 0.717) is 36.0 Å². The van der Waals surface area contributed by atoms with Gasteiger partial charge in [0, 0.05) is 11.6 Å². The molecular weight excluding hydrogens is 514 g/mol. The van der Waals surface area contributed by atoms with E-state index in [0.717, 1.165) is 19.1 Å². The molecule has 0 bridgehead atoms. The van der Waals surface area contributed by atoms with Gasteiger partial charge in [-0.3, -0.25) is 9.78 Å². The Morgan fingerprint density at radius 1 is 1.14 bits per heavy atom. The Kier molecular flexibility index (Phi) is 9.71. The number of aromatic nitrogens is 1. The van der Waals surface area contributed by atoms with Crippen LogP contribution in [0.5, 0.6) is 0 Å². The fraction of sp³-hybridized carbons (Fsp3) is 0.615. The van der Waals surface area contributed by atoms with Gasteiger partial charge >= 0.3 is 0 Å². The van der Waals surface area contributed by atoms with Gasteiger partial charge in [0.15, 0.2) is 9.84 Å². The van der Waals surface area contributed by atoms with Crippen LogP contribution in [0.4, 0.5) is 0 Å². The van der Waals surface area contributed by atoms with Gasteiger partial charge in [-0.2, -0.15) is 0 Å². The van der Waals surface area contributed by atoms with E-state index in [1.807, 2.05) is 6.92 Å². The minimum absolute atomic E-state index is 0.0776. The number of rotatable bonds is 11. The Balaban J connectivity index is 1.80. The number of benzene rings is 1. The van der Waals surface area contributed by atoms with Gasteiger partial charge in [-0.15, -0.1) is 0 Å². The van der Waals surface area contributed by atoms with Crippen LogP contribution in [0.1, 0.15) is 52.9 Å². The minimum Gasteiger partial charge on any atom is -0.391 e. The number of aliphatic hydroxyl groups is 1. The predicted molar refractivity (Wildman–Crippen MR) is 144 cm³/mol. The smallest absolute Gasteiger partial charge is 0.239 e. The molecule has 0 saturated heterocycles. The molecule has 0 aliphatic heterocycles. The third-order valence-corrected chi connectivity index (χ3v) is 9.87. The molecule has 1 aliphatic rings. The molecule has 3 rings (SSSR count). The van der Waals surface area contributed by atoms with Crippen LogP contribution in [0.3, 0.4) is 0 Å². The van der Waals surface area contributed by atoms with Gasteiger partial charge < -0.3 is 10.4 Å². The standard InChI is InChI=1S/C26H39N3O6S2/c1-5-21(23(30)15-20-14-17(2)11-12-18(20)3)28-26(31)22(29-36(4,32)33)16-37(34,35)24-10-6-8-19-9-7-13-27-25(19)24/h6-10,13,17-18,20-23,29-30H,5,11-12,14-16H2,1-4H3,(H,28,31)/t17-,18+,20?,21-,22+,23+/m0/s1. The lowest BCUT2D eigenvalue weighted by Crippen LogP contribution is -2.54. The molecule has 6 atom stereocenters. The molecule has 37 heavy (non-hydrogen) atoms. The molecule has 1 saturated carbocycles. The van der Waals surface area contributed by atoms with E-state index in [1.54, 1.807) is 24.3 Å². The van der Waals surface area contributed by atoms with Crippen molar-refractivity contribution >= 4 is 36.7 Å². The van der Waals surface area contributed by atoms with Crippen molar-refractivity contribution in [3.63, 3.8) is 0 Å². The third-order valence-electron chi connectivity index (χ3n) is 7.39. The van der Waals surface area contributed by atoms with Crippen LogP contribution >= 0.6 is 0 Å². The molecule has 0 spiro atoms. The number of sulfone groups is 1. The lowest BCUT2D eigenvalue weighted by atomic mass is 9.73. The van der Waals surface area contributed by atoms with Gasteiger partial charge in [0.2, 0.25) is 15.9 Å². The number of sulfonamides is 1. The van der Waals surface area contributed by atoms with Gasteiger partial charge in [0.05, 0.1) is 34.6 Å². The number of amides is 1. The fourth-order valence-electron chi connectivity index (χ4n) is 5.26. The van der Waals surface area contributed by atoms with Crippen molar-refractivity contribution in [3.05, 3.63) is 36.5 Å². The average Bonchev–Trinajstić information content (AvgIpc) is 2.82. The molecule has 1 amide bonds. The van der Waals surface area contributed by atoms with Crippen molar-refractivity contribution in [3.8, 4) is 0 Å². The Labute approximate surface area is 220 Å². The molecule has 1 unspecified atom stereocenters. The monoisotopic (exact) mass is 553 g/mol. The molecule has 1 aliphatic carbocycles. The fourth-order valence-corrected chi connectivity index (χ4v) is 7.68. The summed E-state index contributed by atoms with van der Waals surface area (Å²) in [5, 5.41) is 14.3. The Hall–Kier alpha value is -2.08. The van der Waals surface area contributed by atoms with E-state index in [1.165, 1.54) is 18.7 Å². The molecule has 1 aromatic carbocycles. The number of carbonyl (C=O) groups excluding carboxylic acids is 1. The van der Waals surface area contributed by atoms with Crippen molar-refractivity contribution in [1.29, 1.82) is 0 Å². The number of hydrogen-bond donors (Lipinski definition) is 3. The van der Waals surface area contributed by atoms with E-state index < -0.39 is 49.7 Å². The molecule has 1 heterocycles. The Bertz CT molecular complexity index is 1290.